The molecule has 0 saturated heterocycles. The molecule has 4 rings (SSSR count). The van der Waals surface area contributed by atoms with Gasteiger partial charge in [0.1, 0.15) is 23.9 Å². The Kier molecular flexibility index (Phi) is 8.21. The van der Waals surface area contributed by atoms with Gasteiger partial charge in [0.25, 0.3) is 0 Å². The summed E-state index contributed by atoms with van der Waals surface area (Å²) in [6.45, 7) is 6.97. The minimum Gasteiger partial charge on any atom is -0.497 e. The topological polar surface area (TPSA) is 55.8 Å². The number of benzene rings is 3. The number of hydrogen-bond acceptors (Lipinski definition) is 3. The van der Waals surface area contributed by atoms with Gasteiger partial charge in [-0.3, -0.25) is 4.79 Å². The van der Waals surface area contributed by atoms with Crippen molar-refractivity contribution in [2.24, 2.45) is 11.3 Å². The van der Waals surface area contributed by atoms with E-state index in [0.717, 1.165) is 53.7 Å². The van der Waals surface area contributed by atoms with Crippen molar-refractivity contribution in [1.29, 1.82) is 0 Å². The Morgan fingerprint density at radius 2 is 1.81 bits per heavy atom. The van der Waals surface area contributed by atoms with Crippen molar-refractivity contribution in [3.8, 4) is 22.6 Å². The van der Waals surface area contributed by atoms with E-state index in [-0.39, 0.29) is 23.6 Å². The van der Waals surface area contributed by atoms with Crippen molar-refractivity contribution in [1.82, 2.24) is 0 Å². The number of rotatable bonds is 12. The lowest BCUT2D eigenvalue weighted by atomic mass is 9.81. The van der Waals surface area contributed by atoms with Crippen LogP contribution in [0.1, 0.15) is 69.1 Å². The summed E-state index contributed by atoms with van der Waals surface area (Å²) in [4.78, 5) is 11.4. The molecule has 1 unspecified atom stereocenters. The van der Waals surface area contributed by atoms with Gasteiger partial charge in [0.05, 0.1) is 13.5 Å². The van der Waals surface area contributed by atoms with Gasteiger partial charge >= 0.3 is 5.97 Å². The molecule has 0 amide bonds. The van der Waals surface area contributed by atoms with Crippen LogP contribution in [0, 0.1) is 17.2 Å². The summed E-state index contributed by atoms with van der Waals surface area (Å²) in [7, 11) is 1.58. The average molecular weight is 505 g/mol. The van der Waals surface area contributed by atoms with Crippen LogP contribution in [0.15, 0.2) is 60.7 Å². The predicted octanol–water partition coefficient (Wildman–Crippen LogP) is 8.03. The lowest BCUT2D eigenvalue weighted by Gasteiger charge is -2.25. The molecular formula is C32H37FO4. The Morgan fingerprint density at radius 3 is 2.49 bits per heavy atom. The highest BCUT2D eigenvalue weighted by atomic mass is 19.1. The van der Waals surface area contributed by atoms with Crippen molar-refractivity contribution in [2.45, 2.75) is 65.4 Å². The molecular weight excluding hydrogens is 467 g/mol. The van der Waals surface area contributed by atoms with E-state index < -0.39 is 5.97 Å². The molecule has 1 atom stereocenters. The molecule has 1 aliphatic rings. The fraction of sp³-hybridized carbons (Fsp3) is 0.406. The van der Waals surface area contributed by atoms with Crippen LogP contribution in [-0.2, 0) is 17.8 Å². The third-order valence-corrected chi connectivity index (χ3v) is 7.54. The lowest BCUT2D eigenvalue weighted by Crippen LogP contribution is -2.14. The molecule has 4 nitrogen and oxygen atoms in total. The molecule has 1 saturated carbocycles. The second-order valence-corrected chi connectivity index (χ2v) is 10.9. The van der Waals surface area contributed by atoms with E-state index in [1.807, 2.05) is 36.4 Å². The Labute approximate surface area is 219 Å². The first kappa shape index (κ1) is 26.7. The van der Waals surface area contributed by atoms with E-state index >= 15 is 0 Å². The molecule has 3 aromatic carbocycles. The second-order valence-electron chi connectivity index (χ2n) is 10.9. The largest absolute Gasteiger partial charge is 0.497 e. The first-order chi connectivity index (χ1) is 17.7. The maximum Gasteiger partial charge on any atom is 0.303 e. The second kappa shape index (κ2) is 11.4. The standard InChI is InChI=1S/C32H37FO4/c1-5-32(2,3)19-24-16-26(11-13-27(24)29-17-25(36-4)12-14-30(29)33)37-20-21-7-6-8-23(15-21)28(18-31(34)35)22-9-10-22/h6-8,11-17,22,28H,5,9-10,18-20H2,1-4H3,(H,34,35). The fourth-order valence-corrected chi connectivity index (χ4v) is 4.87. The van der Waals surface area contributed by atoms with E-state index in [2.05, 4.69) is 26.8 Å². The van der Waals surface area contributed by atoms with Crippen LogP contribution in [-0.4, -0.2) is 18.2 Å². The molecule has 0 spiro atoms. The highest BCUT2D eigenvalue weighted by Crippen LogP contribution is 2.44. The molecule has 1 aliphatic carbocycles. The van der Waals surface area contributed by atoms with Gasteiger partial charge in [0.2, 0.25) is 0 Å². The Balaban J connectivity index is 1.59. The van der Waals surface area contributed by atoms with Crippen molar-refractivity contribution in [2.75, 3.05) is 7.11 Å². The number of carboxylic acids is 1. The summed E-state index contributed by atoms with van der Waals surface area (Å²) in [5.41, 5.74) is 4.50. The van der Waals surface area contributed by atoms with Gasteiger partial charge < -0.3 is 14.6 Å². The highest BCUT2D eigenvalue weighted by molar-refractivity contribution is 5.70. The van der Waals surface area contributed by atoms with Crippen molar-refractivity contribution < 1.29 is 23.8 Å². The molecule has 0 bridgehead atoms. The van der Waals surface area contributed by atoms with Gasteiger partial charge in [0.15, 0.2) is 0 Å². The summed E-state index contributed by atoms with van der Waals surface area (Å²) in [5, 5.41) is 9.36. The third kappa shape index (κ3) is 6.91. The quantitative estimate of drug-likeness (QED) is 0.271. The van der Waals surface area contributed by atoms with E-state index in [4.69, 9.17) is 9.47 Å². The summed E-state index contributed by atoms with van der Waals surface area (Å²) in [5.74, 6) is 0.814. The van der Waals surface area contributed by atoms with Crippen LogP contribution in [0.25, 0.3) is 11.1 Å². The summed E-state index contributed by atoms with van der Waals surface area (Å²) in [6.07, 6.45) is 4.11. The molecule has 196 valence electrons. The van der Waals surface area contributed by atoms with Crippen molar-refractivity contribution >= 4 is 5.97 Å². The number of carbonyl (C=O) groups is 1. The molecule has 0 heterocycles. The zero-order chi connectivity index (χ0) is 26.6. The number of aliphatic carboxylic acids is 1. The average Bonchev–Trinajstić information content (AvgIpc) is 3.72. The van der Waals surface area contributed by atoms with Crippen molar-refractivity contribution in [3.05, 3.63) is 83.2 Å². The van der Waals surface area contributed by atoms with Crippen LogP contribution < -0.4 is 9.47 Å². The normalized spacial score (nSPS) is 14.3. The van der Waals surface area contributed by atoms with Crippen LogP contribution in [0.2, 0.25) is 0 Å². The molecule has 37 heavy (non-hydrogen) atoms. The Hall–Kier alpha value is -3.34. The van der Waals surface area contributed by atoms with Gasteiger partial charge in [-0.25, -0.2) is 4.39 Å². The van der Waals surface area contributed by atoms with Gasteiger partial charge in [0, 0.05) is 5.56 Å². The van der Waals surface area contributed by atoms with Crippen LogP contribution >= 0.6 is 0 Å². The maximum atomic E-state index is 14.9. The number of ether oxygens (including phenoxy) is 2. The van der Waals surface area contributed by atoms with E-state index in [1.54, 1.807) is 19.2 Å². The minimum atomic E-state index is -0.756. The molecule has 0 aromatic heterocycles. The number of carboxylic acid groups (broad SMARTS) is 1. The summed E-state index contributed by atoms with van der Waals surface area (Å²) >= 11 is 0. The predicted molar refractivity (Wildman–Crippen MR) is 145 cm³/mol. The molecule has 0 aliphatic heterocycles. The van der Waals surface area contributed by atoms with Crippen LogP contribution in [0.4, 0.5) is 4.39 Å². The molecule has 0 radical (unpaired) electrons. The van der Waals surface area contributed by atoms with E-state index in [0.29, 0.717) is 23.8 Å². The molecule has 1 N–H and O–H groups in total. The maximum absolute atomic E-state index is 14.9. The number of methoxy groups -OCH3 is 1. The number of halogens is 1. The van der Waals surface area contributed by atoms with Crippen LogP contribution in [0.3, 0.4) is 0 Å². The monoisotopic (exact) mass is 504 g/mol. The lowest BCUT2D eigenvalue weighted by molar-refractivity contribution is -0.137. The van der Waals surface area contributed by atoms with E-state index in [1.165, 1.54) is 6.07 Å². The zero-order valence-corrected chi connectivity index (χ0v) is 22.2. The van der Waals surface area contributed by atoms with E-state index in [9.17, 15) is 14.3 Å². The Bertz CT molecular complexity index is 1250. The van der Waals surface area contributed by atoms with Gasteiger partial charge in [-0.2, -0.15) is 0 Å². The third-order valence-electron chi connectivity index (χ3n) is 7.54. The molecule has 1 fully saturated rings. The molecule has 3 aromatic rings. The fourth-order valence-electron chi connectivity index (χ4n) is 4.87. The zero-order valence-electron chi connectivity index (χ0n) is 22.2. The minimum absolute atomic E-state index is 0.0407. The van der Waals surface area contributed by atoms with Gasteiger partial charge in [-0.1, -0.05) is 57.5 Å². The highest BCUT2D eigenvalue weighted by Gasteiger charge is 2.33. The van der Waals surface area contributed by atoms with Gasteiger partial charge in [-0.05, 0) is 89.1 Å². The summed E-state index contributed by atoms with van der Waals surface area (Å²) < 4.78 is 26.4. The van der Waals surface area contributed by atoms with Crippen molar-refractivity contribution in [3.63, 3.8) is 0 Å². The first-order valence-electron chi connectivity index (χ1n) is 13.1. The van der Waals surface area contributed by atoms with Gasteiger partial charge in [-0.15, -0.1) is 0 Å². The molecule has 5 heteroatoms. The summed E-state index contributed by atoms with van der Waals surface area (Å²) in [6, 6.07) is 18.7. The first-order valence-corrected chi connectivity index (χ1v) is 13.1. The van der Waals surface area contributed by atoms with Crippen LogP contribution in [0.5, 0.6) is 11.5 Å². The SMILES string of the molecule is CCC(C)(C)Cc1cc(OCc2cccc(C(CC(=O)O)C3CC3)c2)ccc1-c1cc(OC)ccc1F. The number of hydrogen-bond donors (Lipinski definition) is 1. The Morgan fingerprint density at radius 1 is 1.05 bits per heavy atom. The smallest absolute Gasteiger partial charge is 0.303 e.